The monoisotopic (exact) mass is 447 g/mol. The Kier molecular flexibility index (Phi) is 7.97. The van der Waals surface area contributed by atoms with Crippen LogP contribution in [0.25, 0.3) is 0 Å². The quantitative estimate of drug-likeness (QED) is 0.429. The number of anilines is 1. The Balaban J connectivity index is 1.62. The lowest BCUT2D eigenvalue weighted by atomic mass is 9.99. The van der Waals surface area contributed by atoms with E-state index in [2.05, 4.69) is 15.6 Å². The Morgan fingerprint density at radius 3 is 2.56 bits per heavy atom. The van der Waals surface area contributed by atoms with Crippen molar-refractivity contribution < 1.29 is 18.0 Å². The van der Waals surface area contributed by atoms with Gasteiger partial charge in [0.05, 0.1) is 18.2 Å². The molecule has 0 spiro atoms. The van der Waals surface area contributed by atoms with Gasteiger partial charge in [0.15, 0.2) is 5.96 Å². The molecule has 9 heteroatoms. The van der Waals surface area contributed by atoms with Crippen LogP contribution in [0.4, 0.5) is 18.9 Å². The summed E-state index contributed by atoms with van der Waals surface area (Å²) in [5, 5.41) is 6.46. The predicted molar refractivity (Wildman–Crippen MR) is 119 cm³/mol. The average Bonchev–Trinajstić information content (AvgIpc) is 3.20. The van der Waals surface area contributed by atoms with E-state index in [1.807, 2.05) is 11.8 Å². The van der Waals surface area contributed by atoms with Crippen molar-refractivity contribution in [1.29, 1.82) is 0 Å². The van der Waals surface area contributed by atoms with Gasteiger partial charge in [0.25, 0.3) is 0 Å². The molecule has 3 rings (SSSR count). The number of amides is 1. The molecule has 32 heavy (non-hydrogen) atoms. The van der Waals surface area contributed by atoms with Gasteiger partial charge in [-0.2, -0.15) is 0 Å². The number of benzene rings is 2. The summed E-state index contributed by atoms with van der Waals surface area (Å²) in [6.45, 7) is 3.87. The molecule has 1 amide bonds. The van der Waals surface area contributed by atoms with Crippen LogP contribution in [0.3, 0.4) is 0 Å². The number of nitrogens with two attached hydrogens (primary N) is 1. The molecule has 1 aliphatic rings. The molecule has 2 aromatic carbocycles. The van der Waals surface area contributed by atoms with Gasteiger partial charge in [-0.1, -0.05) is 12.1 Å². The second-order valence-electron chi connectivity index (χ2n) is 7.82. The summed E-state index contributed by atoms with van der Waals surface area (Å²) in [4.78, 5) is 18.3. The molecule has 6 nitrogen and oxygen atoms in total. The molecule has 1 aliphatic heterocycles. The maximum Gasteiger partial charge on any atom is 0.222 e. The summed E-state index contributed by atoms with van der Waals surface area (Å²) in [6.07, 6.45) is 1.11. The molecule has 2 aromatic rings. The van der Waals surface area contributed by atoms with Crippen LogP contribution in [0, 0.1) is 23.4 Å². The van der Waals surface area contributed by atoms with E-state index >= 15 is 0 Å². The number of carbonyl (C=O) groups is 1. The average molecular weight is 448 g/mol. The number of carbonyl (C=O) groups excluding carboxylic acids is 1. The molecule has 0 saturated carbocycles. The van der Waals surface area contributed by atoms with Crippen molar-refractivity contribution >= 4 is 17.6 Å². The van der Waals surface area contributed by atoms with Gasteiger partial charge in [-0.05, 0) is 49.6 Å². The summed E-state index contributed by atoms with van der Waals surface area (Å²) >= 11 is 0. The predicted octanol–water partition coefficient (Wildman–Crippen LogP) is 2.58. The number of aliphatic imine (C=N–C) groups is 1. The van der Waals surface area contributed by atoms with Crippen molar-refractivity contribution in [3.63, 3.8) is 0 Å². The molecule has 4 N–H and O–H groups in total. The van der Waals surface area contributed by atoms with Gasteiger partial charge in [0.2, 0.25) is 5.91 Å². The molecule has 1 fully saturated rings. The number of guanidine groups is 1. The molecular formula is C23H28F3N5O. The number of halogens is 3. The Bertz CT molecular complexity index is 951. The van der Waals surface area contributed by atoms with Gasteiger partial charge in [-0.3, -0.25) is 9.79 Å². The van der Waals surface area contributed by atoms with E-state index < -0.39 is 23.5 Å². The summed E-state index contributed by atoms with van der Waals surface area (Å²) in [5.41, 5.74) is 6.72. The molecule has 2 unspecified atom stereocenters. The fourth-order valence-electron chi connectivity index (χ4n) is 3.71. The molecule has 0 aromatic heterocycles. The highest BCUT2D eigenvalue weighted by molar-refractivity contribution is 5.81. The minimum absolute atomic E-state index is 0.00128. The van der Waals surface area contributed by atoms with E-state index in [9.17, 15) is 18.0 Å². The van der Waals surface area contributed by atoms with Gasteiger partial charge >= 0.3 is 0 Å². The first-order valence-electron chi connectivity index (χ1n) is 10.6. The summed E-state index contributed by atoms with van der Waals surface area (Å²) in [5.74, 6) is -2.02. The zero-order chi connectivity index (χ0) is 23.1. The van der Waals surface area contributed by atoms with Gasteiger partial charge in [-0.25, -0.2) is 13.2 Å². The number of rotatable bonds is 8. The maximum atomic E-state index is 14.1. The van der Waals surface area contributed by atoms with Crippen molar-refractivity contribution in [1.82, 2.24) is 10.6 Å². The van der Waals surface area contributed by atoms with Crippen molar-refractivity contribution in [3.05, 3.63) is 65.5 Å². The summed E-state index contributed by atoms with van der Waals surface area (Å²) in [6, 6.07) is 9.51. The fraction of sp³-hybridized carbons (Fsp3) is 0.391. The van der Waals surface area contributed by atoms with Crippen LogP contribution in [0.15, 0.2) is 47.5 Å². The third kappa shape index (κ3) is 6.38. The van der Waals surface area contributed by atoms with E-state index in [1.54, 1.807) is 12.1 Å². The largest absolute Gasteiger partial charge is 0.369 e. The van der Waals surface area contributed by atoms with Gasteiger partial charge in [0, 0.05) is 31.7 Å². The van der Waals surface area contributed by atoms with Crippen molar-refractivity contribution in [2.24, 2.45) is 16.6 Å². The van der Waals surface area contributed by atoms with E-state index in [4.69, 9.17) is 5.73 Å². The maximum absolute atomic E-state index is 14.1. The topological polar surface area (TPSA) is 82.7 Å². The number of primary amides is 1. The Labute approximate surface area is 185 Å². The number of nitrogens with zero attached hydrogens (tertiary/aromatic N) is 2. The minimum Gasteiger partial charge on any atom is -0.369 e. The van der Waals surface area contributed by atoms with Crippen LogP contribution in [0.1, 0.15) is 18.9 Å². The van der Waals surface area contributed by atoms with Crippen molar-refractivity contribution in [2.45, 2.75) is 25.8 Å². The second kappa shape index (κ2) is 10.9. The first kappa shape index (κ1) is 23.4. The first-order chi connectivity index (χ1) is 15.4. The molecule has 172 valence electrons. The lowest BCUT2D eigenvalue weighted by molar-refractivity contribution is -0.121. The molecule has 0 bridgehead atoms. The highest BCUT2D eigenvalue weighted by atomic mass is 19.1. The Hall–Kier alpha value is -3.23. The Morgan fingerprint density at radius 1 is 1.19 bits per heavy atom. The van der Waals surface area contributed by atoms with Crippen LogP contribution in [0.5, 0.6) is 0 Å². The van der Waals surface area contributed by atoms with Crippen LogP contribution in [-0.4, -0.2) is 44.1 Å². The molecule has 2 atom stereocenters. The van der Waals surface area contributed by atoms with Gasteiger partial charge < -0.3 is 21.3 Å². The first-order valence-corrected chi connectivity index (χ1v) is 10.6. The van der Waals surface area contributed by atoms with Crippen LogP contribution in [-0.2, 0) is 11.2 Å². The molecule has 1 saturated heterocycles. The van der Waals surface area contributed by atoms with E-state index in [0.717, 1.165) is 18.1 Å². The van der Waals surface area contributed by atoms with E-state index in [0.29, 0.717) is 37.7 Å². The number of nitrogens with one attached hydrogen (secondary N) is 2. The lowest BCUT2D eigenvalue weighted by Gasteiger charge is -2.21. The number of hydrogen-bond donors (Lipinski definition) is 3. The lowest BCUT2D eigenvalue weighted by Crippen LogP contribution is -2.45. The van der Waals surface area contributed by atoms with E-state index in [1.165, 1.54) is 24.3 Å². The SMILES string of the molecule is CCNC(=NCC(Cc1ccc(F)cc1)C(N)=O)NC1CCN(c2ccc(F)cc2F)C1. The van der Waals surface area contributed by atoms with E-state index in [-0.39, 0.29) is 18.4 Å². The second-order valence-corrected chi connectivity index (χ2v) is 7.82. The Morgan fingerprint density at radius 2 is 1.91 bits per heavy atom. The van der Waals surface area contributed by atoms with Crippen LogP contribution in [0.2, 0.25) is 0 Å². The van der Waals surface area contributed by atoms with Crippen LogP contribution >= 0.6 is 0 Å². The molecule has 1 heterocycles. The summed E-state index contributed by atoms with van der Waals surface area (Å²) < 4.78 is 40.4. The van der Waals surface area contributed by atoms with Gasteiger partial charge in [-0.15, -0.1) is 0 Å². The zero-order valence-electron chi connectivity index (χ0n) is 18.0. The van der Waals surface area contributed by atoms with Crippen molar-refractivity contribution in [3.8, 4) is 0 Å². The van der Waals surface area contributed by atoms with Crippen LogP contribution < -0.4 is 21.3 Å². The highest BCUT2D eigenvalue weighted by Crippen LogP contribution is 2.24. The zero-order valence-corrected chi connectivity index (χ0v) is 18.0. The third-order valence-electron chi connectivity index (χ3n) is 5.39. The standard InChI is InChI=1S/C23H28F3N5O/c1-2-28-23(29-13-16(22(27)32)11-15-3-5-17(24)6-4-15)30-19-9-10-31(14-19)21-8-7-18(25)12-20(21)26/h3-8,12,16,19H,2,9-11,13-14H2,1H3,(H2,27,32)(H2,28,29,30). The molecule has 0 radical (unpaired) electrons. The van der Waals surface area contributed by atoms with Gasteiger partial charge in [0.1, 0.15) is 17.5 Å². The molecule has 0 aliphatic carbocycles. The normalized spacial score (nSPS) is 17.3. The molecular weight excluding hydrogens is 419 g/mol. The summed E-state index contributed by atoms with van der Waals surface area (Å²) in [7, 11) is 0. The smallest absolute Gasteiger partial charge is 0.222 e. The highest BCUT2D eigenvalue weighted by Gasteiger charge is 2.25. The fourth-order valence-corrected chi connectivity index (χ4v) is 3.71. The number of hydrogen-bond acceptors (Lipinski definition) is 3. The van der Waals surface area contributed by atoms with Crippen molar-refractivity contribution in [2.75, 3.05) is 31.1 Å². The minimum atomic E-state index is -0.605. The third-order valence-corrected chi connectivity index (χ3v) is 5.39.